The van der Waals surface area contributed by atoms with E-state index in [2.05, 4.69) is 24.0 Å². The van der Waals surface area contributed by atoms with Gasteiger partial charge in [-0.15, -0.1) is 0 Å². The Morgan fingerprint density at radius 3 is 2.80 bits per heavy atom. The van der Waals surface area contributed by atoms with Crippen LogP contribution in [0.2, 0.25) is 0 Å². The Labute approximate surface area is 88.5 Å². The summed E-state index contributed by atoms with van der Waals surface area (Å²) in [6.07, 6.45) is 0. The molecular formula is C11H15N3O. The molecule has 0 saturated carbocycles. The molecule has 4 nitrogen and oxygen atoms in total. The number of aryl methyl sites for hydroxylation is 1. The molecule has 0 aromatic carbocycles. The normalized spacial score (nSPS) is 11.5. The first kappa shape index (κ1) is 10.1. The molecular weight excluding hydrogens is 190 g/mol. The van der Waals surface area contributed by atoms with E-state index in [-0.39, 0.29) is 0 Å². The Hall–Kier alpha value is -1.42. The minimum absolute atomic E-state index is 0.366. The Morgan fingerprint density at radius 2 is 2.20 bits per heavy atom. The highest BCUT2D eigenvalue weighted by Crippen LogP contribution is 2.24. The van der Waals surface area contributed by atoms with Gasteiger partial charge in [0.15, 0.2) is 0 Å². The summed E-state index contributed by atoms with van der Waals surface area (Å²) in [4.78, 5) is 4.42. The van der Waals surface area contributed by atoms with E-state index in [9.17, 15) is 0 Å². The lowest BCUT2D eigenvalue weighted by molar-refractivity contribution is 0.441. The van der Waals surface area contributed by atoms with Crippen LogP contribution in [0.15, 0.2) is 10.6 Å². The molecule has 0 fully saturated rings. The summed E-state index contributed by atoms with van der Waals surface area (Å²) >= 11 is 0. The zero-order valence-electron chi connectivity index (χ0n) is 9.24. The first-order valence-corrected chi connectivity index (χ1v) is 5.09. The van der Waals surface area contributed by atoms with Crippen LogP contribution in [0.1, 0.15) is 36.7 Å². The van der Waals surface area contributed by atoms with Crippen molar-refractivity contribution in [2.45, 2.75) is 33.2 Å². The van der Waals surface area contributed by atoms with Crippen LogP contribution in [0.3, 0.4) is 0 Å². The minimum atomic E-state index is 0.366. The maximum absolute atomic E-state index is 5.72. The van der Waals surface area contributed by atoms with E-state index >= 15 is 0 Å². The Balaban J connectivity index is 2.73. The smallest absolute Gasteiger partial charge is 0.258 e. The fourth-order valence-electron chi connectivity index (χ4n) is 1.66. The predicted octanol–water partition coefficient (Wildman–Crippen LogP) is 2.11. The van der Waals surface area contributed by atoms with Gasteiger partial charge in [0, 0.05) is 12.2 Å². The molecule has 0 atom stereocenters. The van der Waals surface area contributed by atoms with Crippen molar-refractivity contribution in [3.63, 3.8) is 0 Å². The number of rotatable bonds is 2. The Bertz CT molecular complexity index is 488. The molecule has 2 aromatic heterocycles. The van der Waals surface area contributed by atoms with Crippen LogP contribution in [0.4, 0.5) is 0 Å². The number of pyridine rings is 1. The van der Waals surface area contributed by atoms with Crippen molar-refractivity contribution in [3.05, 3.63) is 23.0 Å². The van der Waals surface area contributed by atoms with E-state index in [4.69, 9.17) is 10.3 Å². The molecule has 0 saturated heterocycles. The monoisotopic (exact) mass is 205 g/mol. The molecule has 0 unspecified atom stereocenters. The zero-order chi connectivity index (χ0) is 11.0. The molecule has 0 amide bonds. The number of nitrogens with two attached hydrogens (primary N) is 1. The third-order valence-electron chi connectivity index (χ3n) is 2.53. The fraction of sp³-hybridized carbons (Fsp3) is 0.455. The molecule has 0 aliphatic heterocycles. The molecule has 4 heteroatoms. The van der Waals surface area contributed by atoms with Crippen LogP contribution < -0.4 is 5.73 Å². The number of nitrogens with zero attached hydrogens (tertiary/aromatic N) is 2. The summed E-state index contributed by atoms with van der Waals surface area (Å²) in [6, 6.07) is 2.04. The highest BCUT2D eigenvalue weighted by Gasteiger charge is 2.13. The maximum atomic E-state index is 5.72. The predicted molar refractivity (Wildman–Crippen MR) is 58.5 cm³/mol. The molecule has 80 valence electrons. The van der Waals surface area contributed by atoms with Gasteiger partial charge in [-0.05, 0) is 24.5 Å². The second-order valence-corrected chi connectivity index (χ2v) is 4.01. The van der Waals surface area contributed by atoms with Gasteiger partial charge >= 0.3 is 0 Å². The highest BCUT2D eigenvalue weighted by atomic mass is 16.5. The van der Waals surface area contributed by atoms with Crippen molar-refractivity contribution in [1.82, 2.24) is 10.1 Å². The summed E-state index contributed by atoms with van der Waals surface area (Å²) in [5, 5.41) is 4.87. The molecule has 0 bridgehead atoms. The lowest BCUT2D eigenvalue weighted by Crippen LogP contribution is -2.01. The quantitative estimate of drug-likeness (QED) is 0.815. The number of hydrogen-bond donors (Lipinski definition) is 1. The lowest BCUT2D eigenvalue weighted by atomic mass is 10.0. The van der Waals surface area contributed by atoms with Crippen molar-refractivity contribution in [2.24, 2.45) is 5.73 Å². The van der Waals surface area contributed by atoms with Gasteiger partial charge in [-0.25, -0.2) is 4.98 Å². The van der Waals surface area contributed by atoms with E-state index in [1.54, 1.807) is 0 Å². The Kier molecular flexibility index (Phi) is 2.44. The summed E-state index contributed by atoms with van der Waals surface area (Å²) in [5.74, 6) is 0.366. The molecule has 2 rings (SSSR count). The van der Waals surface area contributed by atoms with Crippen molar-refractivity contribution >= 4 is 11.1 Å². The summed E-state index contributed by atoms with van der Waals surface area (Å²) < 4.78 is 5.17. The SMILES string of the molecule is Cc1noc2nc(C(C)C)cc(CN)c12. The standard InChI is InChI=1S/C11H15N3O/c1-6(2)9-4-8(5-12)10-7(3)14-15-11(10)13-9/h4,6H,5,12H2,1-3H3. The Morgan fingerprint density at radius 1 is 1.47 bits per heavy atom. The first-order chi connectivity index (χ1) is 7.13. The highest BCUT2D eigenvalue weighted by molar-refractivity contribution is 5.80. The van der Waals surface area contributed by atoms with Crippen molar-refractivity contribution in [1.29, 1.82) is 0 Å². The second-order valence-electron chi connectivity index (χ2n) is 4.01. The van der Waals surface area contributed by atoms with Crippen molar-refractivity contribution in [3.8, 4) is 0 Å². The van der Waals surface area contributed by atoms with Crippen LogP contribution >= 0.6 is 0 Å². The lowest BCUT2D eigenvalue weighted by Gasteiger charge is -2.06. The van der Waals surface area contributed by atoms with Gasteiger partial charge in [-0.2, -0.15) is 0 Å². The molecule has 0 aliphatic carbocycles. The van der Waals surface area contributed by atoms with Crippen molar-refractivity contribution < 1.29 is 4.52 Å². The van der Waals surface area contributed by atoms with E-state index < -0.39 is 0 Å². The molecule has 15 heavy (non-hydrogen) atoms. The largest absolute Gasteiger partial charge is 0.336 e. The minimum Gasteiger partial charge on any atom is -0.336 e. The van der Waals surface area contributed by atoms with Gasteiger partial charge in [0.05, 0.1) is 11.1 Å². The van der Waals surface area contributed by atoms with Gasteiger partial charge in [0.25, 0.3) is 5.71 Å². The number of fused-ring (bicyclic) bond motifs is 1. The summed E-state index contributed by atoms with van der Waals surface area (Å²) in [6.45, 7) is 6.58. The van der Waals surface area contributed by atoms with Gasteiger partial charge in [0.1, 0.15) is 0 Å². The van der Waals surface area contributed by atoms with Crippen LogP contribution in [-0.2, 0) is 6.54 Å². The van der Waals surface area contributed by atoms with E-state index in [1.807, 2.05) is 13.0 Å². The average Bonchev–Trinajstić information content (AvgIpc) is 2.59. The maximum Gasteiger partial charge on any atom is 0.258 e. The number of aromatic nitrogens is 2. The summed E-state index contributed by atoms with van der Waals surface area (Å²) in [5.41, 5.74) is 9.22. The second kappa shape index (κ2) is 3.62. The van der Waals surface area contributed by atoms with Crippen molar-refractivity contribution in [2.75, 3.05) is 0 Å². The molecule has 2 aromatic rings. The molecule has 0 radical (unpaired) electrons. The van der Waals surface area contributed by atoms with Crippen LogP contribution in [0.25, 0.3) is 11.1 Å². The summed E-state index contributed by atoms with van der Waals surface area (Å²) in [7, 11) is 0. The third kappa shape index (κ3) is 1.61. The molecule has 2 heterocycles. The van der Waals surface area contributed by atoms with Gasteiger partial charge in [0.2, 0.25) is 0 Å². The van der Waals surface area contributed by atoms with Gasteiger partial charge < -0.3 is 10.3 Å². The fourth-order valence-corrected chi connectivity index (χ4v) is 1.66. The van der Waals surface area contributed by atoms with Gasteiger partial charge in [-0.3, -0.25) is 0 Å². The van der Waals surface area contributed by atoms with Crippen LogP contribution in [-0.4, -0.2) is 10.1 Å². The topological polar surface area (TPSA) is 64.9 Å². The molecule has 0 spiro atoms. The number of hydrogen-bond acceptors (Lipinski definition) is 4. The van der Waals surface area contributed by atoms with E-state index in [0.717, 1.165) is 22.3 Å². The van der Waals surface area contributed by atoms with Crippen LogP contribution in [0, 0.1) is 6.92 Å². The first-order valence-electron chi connectivity index (χ1n) is 5.09. The van der Waals surface area contributed by atoms with E-state index in [1.165, 1.54) is 0 Å². The zero-order valence-corrected chi connectivity index (χ0v) is 9.24. The average molecular weight is 205 g/mol. The third-order valence-corrected chi connectivity index (χ3v) is 2.53. The van der Waals surface area contributed by atoms with E-state index in [0.29, 0.717) is 18.2 Å². The molecule has 0 aliphatic rings. The molecule has 2 N–H and O–H groups in total. The van der Waals surface area contributed by atoms with Gasteiger partial charge in [-0.1, -0.05) is 19.0 Å². The van der Waals surface area contributed by atoms with Crippen LogP contribution in [0.5, 0.6) is 0 Å².